The number of nitrogens with one attached hydrogen (secondary N) is 1. The van der Waals surface area contributed by atoms with Crippen LogP contribution in [0, 0.1) is 6.92 Å². The van der Waals surface area contributed by atoms with Crippen molar-refractivity contribution in [3.8, 4) is 11.5 Å². The first-order chi connectivity index (χ1) is 10.2. The Kier molecular flexibility index (Phi) is 3.87. The van der Waals surface area contributed by atoms with Crippen LogP contribution < -0.4 is 14.9 Å². The standard InChI is InChI=1S/C15H14N2O3S/c1-10-6-7-21-14(10)8-16-17-15(18)13-9-19-11-4-2-3-5-12(11)20-13/h2-8,13H,9H2,1H3,(H,17,18)/b16-8-/t13-/m0/s1. The first-order valence-electron chi connectivity index (χ1n) is 6.49. The van der Waals surface area contributed by atoms with E-state index in [9.17, 15) is 4.79 Å². The van der Waals surface area contributed by atoms with Crippen molar-refractivity contribution in [3.63, 3.8) is 0 Å². The summed E-state index contributed by atoms with van der Waals surface area (Å²) in [6, 6.07) is 9.27. The Hall–Kier alpha value is -2.34. The molecule has 2 heterocycles. The molecule has 108 valence electrons. The van der Waals surface area contributed by atoms with Gasteiger partial charge in [-0.2, -0.15) is 5.10 Å². The molecule has 0 radical (unpaired) electrons. The molecule has 1 N–H and O–H groups in total. The number of amides is 1. The molecule has 1 aliphatic heterocycles. The van der Waals surface area contributed by atoms with Gasteiger partial charge < -0.3 is 9.47 Å². The number of aryl methyl sites for hydroxylation is 1. The van der Waals surface area contributed by atoms with Gasteiger partial charge >= 0.3 is 0 Å². The van der Waals surface area contributed by atoms with Gasteiger partial charge in [0.1, 0.15) is 6.61 Å². The molecule has 1 amide bonds. The molecule has 21 heavy (non-hydrogen) atoms. The molecule has 1 aromatic heterocycles. The van der Waals surface area contributed by atoms with Crippen molar-refractivity contribution in [2.24, 2.45) is 5.10 Å². The number of benzene rings is 1. The van der Waals surface area contributed by atoms with Crippen LogP contribution >= 0.6 is 11.3 Å². The average Bonchev–Trinajstić information content (AvgIpc) is 2.92. The van der Waals surface area contributed by atoms with Gasteiger partial charge in [-0.1, -0.05) is 12.1 Å². The van der Waals surface area contributed by atoms with E-state index in [4.69, 9.17) is 9.47 Å². The van der Waals surface area contributed by atoms with Crippen LogP contribution in [0.2, 0.25) is 0 Å². The van der Waals surface area contributed by atoms with Gasteiger partial charge in [-0.25, -0.2) is 5.43 Å². The molecule has 1 atom stereocenters. The first-order valence-corrected chi connectivity index (χ1v) is 7.37. The average molecular weight is 302 g/mol. The summed E-state index contributed by atoms with van der Waals surface area (Å²) in [4.78, 5) is 13.0. The van der Waals surface area contributed by atoms with Crippen molar-refractivity contribution in [2.45, 2.75) is 13.0 Å². The Morgan fingerprint density at radius 2 is 2.19 bits per heavy atom. The molecule has 0 saturated heterocycles. The van der Waals surface area contributed by atoms with Crippen LogP contribution in [0.15, 0.2) is 40.8 Å². The summed E-state index contributed by atoms with van der Waals surface area (Å²) in [5, 5.41) is 5.94. The van der Waals surface area contributed by atoms with E-state index in [1.54, 1.807) is 29.7 Å². The number of para-hydroxylation sites is 2. The molecular formula is C15H14N2O3S. The molecule has 1 aliphatic rings. The van der Waals surface area contributed by atoms with Crippen molar-refractivity contribution in [1.82, 2.24) is 5.43 Å². The molecular weight excluding hydrogens is 288 g/mol. The predicted octanol–water partition coefficient (Wildman–Crippen LogP) is 2.35. The van der Waals surface area contributed by atoms with Crippen molar-refractivity contribution in [1.29, 1.82) is 0 Å². The number of carbonyl (C=O) groups excluding carboxylic acids is 1. The number of carbonyl (C=O) groups is 1. The third kappa shape index (κ3) is 3.05. The zero-order valence-corrected chi connectivity index (χ0v) is 12.2. The second-order valence-electron chi connectivity index (χ2n) is 4.57. The number of hydrazone groups is 1. The van der Waals surface area contributed by atoms with Gasteiger partial charge in [-0.15, -0.1) is 11.3 Å². The molecule has 6 heteroatoms. The maximum Gasteiger partial charge on any atom is 0.284 e. The zero-order valence-electron chi connectivity index (χ0n) is 11.4. The third-order valence-corrected chi connectivity index (χ3v) is 4.01. The van der Waals surface area contributed by atoms with Crippen LogP contribution in [0.4, 0.5) is 0 Å². The van der Waals surface area contributed by atoms with E-state index in [1.165, 1.54) is 0 Å². The van der Waals surface area contributed by atoms with Crippen molar-refractivity contribution >= 4 is 23.5 Å². The minimum absolute atomic E-state index is 0.177. The smallest absolute Gasteiger partial charge is 0.284 e. The normalized spacial score (nSPS) is 16.9. The van der Waals surface area contributed by atoms with E-state index >= 15 is 0 Å². The van der Waals surface area contributed by atoms with Crippen LogP contribution in [0.3, 0.4) is 0 Å². The first kappa shape index (κ1) is 13.6. The molecule has 5 nitrogen and oxygen atoms in total. The van der Waals surface area contributed by atoms with Crippen molar-refractivity contribution < 1.29 is 14.3 Å². The highest BCUT2D eigenvalue weighted by molar-refractivity contribution is 7.11. The van der Waals surface area contributed by atoms with E-state index in [1.807, 2.05) is 30.5 Å². The maximum atomic E-state index is 12.0. The number of hydrogen-bond acceptors (Lipinski definition) is 5. The molecule has 3 rings (SSSR count). The maximum absolute atomic E-state index is 12.0. The van der Waals surface area contributed by atoms with Crippen LogP contribution in [0.25, 0.3) is 0 Å². The number of fused-ring (bicyclic) bond motifs is 1. The van der Waals surface area contributed by atoms with Gasteiger partial charge in [0.25, 0.3) is 5.91 Å². The topological polar surface area (TPSA) is 59.9 Å². The van der Waals surface area contributed by atoms with Crippen molar-refractivity contribution in [3.05, 3.63) is 46.2 Å². The van der Waals surface area contributed by atoms with Crippen LogP contribution in [-0.2, 0) is 4.79 Å². The summed E-state index contributed by atoms with van der Waals surface area (Å²) in [7, 11) is 0. The highest BCUT2D eigenvalue weighted by Gasteiger charge is 2.26. The minimum Gasteiger partial charge on any atom is -0.485 e. The molecule has 0 saturated carbocycles. The summed E-state index contributed by atoms with van der Waals surface area (Å²) >= 11 is 1.57. The predicted molar refractivity (Wildman–Crippen MR) is 81.1 cm³/mol. The number of rotatable bonds is 3. The van der Waals surface area contributed by atoms with Crippen LogP contribution in [-0.4, -0.2) is 24.8 Å². The molecule has 0 aliphatic carbocycles. The van der Waals surface area contributed by atoms with Gasteiger partial charge in [-0.05, 0) is 36.1 Å². The lowest BCUT2D eigenvalue weighted by molar-refractivity contribution is -0.130. The van der Waals surface area contributed by atoms with Crippen molar-refractivity contribution in [2.75, 3.05) is 6.61 Å². The Balaban J connectivity index is 1.60. The van der Waals surface area contributed by atoms with Crippen LogP contribution in [0.5, 0.6) is 11.5 Å². The Labute approximate surface area is 126 Å². The molecule has 1 aromatic carbocycles. The van der Waals surface area contributed by atoms with Gasteiger partial charge in [0.2, 0.25) is 6.10 Å². The highest BCUT2D eigenvalue weighted by Crippen LogP contribution is 2.30. The van der Waals surface area contributed by atoms with E-state index < -0.39 is 6.10 Å². The highest BCUT2D eigenvalue weighted by atomic mass is 32.1. The van der Waals surface area contributed by atoms with Gasteiger partial charge in [-0.3, -0.25) is 4.79 Å². The monoisotopic (exact) mass is 302 g/mol. The lowest BCUT2D eigenvalue weighted by Crippen LogP contribution is -2.42. The Bertz CT molecular complexity index is 681. The molecule has 2 aromatic rings. The van der Waals surface area contributed by atoms with Crippen LogP contribution in [0.1, 0.15) is 10.4 Å². The summed E-state index contributed by atoms with van der Waals surface area (Å²) in [5.41, 5.74) is 3.61. The molecule has 0 unspecified atom stereocenters. The second kappa shape index (κ2) is 5.97. The SMILES string of the molecule is Cc1ccsc1/C=N\NC(=O)[C@@H]1COc2ccccc2O1. The number of hydrogen-bond donors (Lipinski definition) is 1. The largest absolute Gasteiger partial charge is 0.485 e. The lowest BCUT2D eigenvalue weighted by atomic mass is 10.2. The lowest BCUT2D eigenvalue weighted by Gasteiger charge is -2.24. The van der Waals surface area contributed by atoms with Gasteiger partial charge in [0.15, 0.2) is 11.5 Å². The number of nitrogens with zero attached hydrogens (tertiary/aromatic N) is 1. The quantitative estimate of drug-likeness (QED) is 0.699. The molecule has 0 spiro atoms. The fourth-order valence-corrected chi connectivity index (χ4v) is 2.68. The number of thiophene rings is 1. The molecule has 0 bridgehead atoms. The second-order valence-corrected chi connectivity index (χ2v) is 5.51. The Morgan fingerprint density at radius 1 is 1.38 bits per heavy atom. The Morgan fingerprint density at radius 3 is 2.95 bits per heavy atom. The van der Waals surface area contributed by atoms with Gasteiger partial charge in [0.05, 0.1) is 6.21 Å². The van der Waals surface area contributed by atoms with E-state index in [0.717, 1.165) is 10.4 Å². The molecule has 0 fully saturated rings. The summed E-state index contributed by atoms with van der Waals surface area (Å²) < 4.78 is 11.1. The minimum atomic E-state index is -0.693. The fourth-order valence-electron chi connectivity index (χ4n) is 1.89. The van der Waals surface area contributed by atoms with E-state index in [-0.39, 0.29) is 12.5 Å². The zero-order chi connectivity index (χ0) is 14.7. The summed E-state index contributed by atoms with van der Waals surface area (Å²) in [6.45, 7) is 2.17. The third-order valence-electron chi connectivity index (χ3n) is 3.06. The van der Waals surface area contributed by atoms with E-state index in [0.29, 0.717) is 11.5 Å². The summed E-state index contributed by atoms with van der Waals surface area (Å²) in [5.74, 6) is 0.899. The van der Waals surface area contributed by atoms with Gasteiger partial charge in [0, 0.05) is 4.88 Å². The van der Waals surface area contributed by atoms with E-state index in [2.05, 4.69) is 10.5 Å². The summed E-state index contributed by atoms with van der Waals surface area (Å²) in [6.07, 6.45) is 0.941. The number of ether oxygens (including phenoxy) is 2. The fraction of sp³-hybridized carbons (Fsp3) is 0.200.